The lowest BCUT2D eigenvalue weighted by Crippen LogP contribution is -2.10. The fraction of sp³-hybridized carbons (Fsp3) is 0.100. The van der Waals surface area contributed by atoms with Crippen LogP contribution in [0.15, 0.2) is 18.2 Å². The summed E-state index contributed by atoms with van der Waals surface area (Å²) < 4.78 is 0. The van der Waals surface area contributed by atoms with E-state index in [4.69, 9.17) is 5.11 Å². The summed E-state index contributed by atoms with van der Waals surface area (Å²) in [6, 6.07) is 4.47. The first-order chi connectivity index (χ1) is 6.61. The minimum absolute atomic E-state index is 0.0231. The number of hydrogen-bond donors (Lipinski definition) is 1. The molecule has 2 rings (SSSR count). The number of fused-ring (bicyclic) bond motifs is 1. The van der Waals surface area contributed by atoms with E-state index in [9.17, 15) is 14.4 Å². The summed E-state index contributed by atoms with van der Waals surface area (Å²) in [7, 11) is 0. The summed E-state index contributed by atoms with van der Waals surface area (Å²) in [6.45, 7) is 0. The zero-order valence-electron chi connectivity index (χ0n) is 7.11. The van der Waals surface area contributed by atoms with Crippen molar-refractivity contribution in [2.24, 2.45) is 0 Å². The number of hydrogen-bond acceptors (Lipinski definition) is 3. The summed E-state index contributed by atoms with van der Waals surface area (Å²) in [5.74, 6) is -2.39. The molecule has 14 heavy (non-hydrogen) atoms. The van der Waals surface area contributed by atoms with Crippen LogP contribution < -0.4 is 0 Å². The quantitative estimate of drug-likeness (QED) is 0.661. The van der Waals surface area contributed by atoms with Gasteiger partial charge in [-0.15, -0.1) is 0 Å². The number of Topliss-reactive ketones (excluding diaryl/α,β-unsaturated/α-hetero) is 2. The highest BCUT2D eigenvalue weighted by molar-refractivity contribution is 6.48. The van der Waals surface area contributed by atoms with Gasteiger partial charge in [-0.3, -0.25) is 9.59 Å². The Balaban J connectivity index is 2.70. The first kappa shape index (κ1) is 8.62. The van der Waals surface area contributed by atoms with Gasteiger partial charge in [0.15, 0.2) is 0 Å². The van der Waals surface area contributed by atoms with Gasteiger partial charge in [0, 0.05) is 12.0 Å². The van der Waals surface area contributed by atoms with Crippen molar-refractivity contribution >= 4 is 17.5 Å². The minimum atomic E-state index is -1.18. The molecule has 0 saturated carbocycles. The molecule has 0 heterocycles. The average Bonchev–Trinajstić information content (AvgIpc) is 2.43. The molecule has 1 aromatic rings. The van der Waals surface area contributed by atoms with Crippen molar-refractivity contribution in [3.63, 3.8) is 0 Å². The molecule has 0 amide bonds. The normalized spacial score (nSPS) is 14.3. The van der Waals surface area contributed by atoms with Crippen LogP contribution in [0.2, 0.25) is 0 Å². The van der Waals surface area contributed by atoms with Gasteiger partial charge in [0.05, 0.1) is 5.56 Å². The van der Waals surface area contributed by atoms with E-state index in [2.05, 4.69) is 0 Å². The van der Waals surface area contributed by atoms with Gasteiger partial charge in [0.2, 0.25) is 11.6 Å². The lowest BCUT2D eigenvalue weighted by atomic mass is 10.0. The average molecular weight is 190 g/mol. The second-order valence-corrected chi connectivity index (χ2v) is 3.07. The molecule has 0 fully saturated rings. The van der Waals surface area contributed by atoms with Crippen molar-refractivity contribution in [1.29, 1.82) is 0 Å². The van der Waals surface area contributed by atoms with Gasteiger partial charge in [0.1, 0.15) is 0 Å². The number of rotatable bonds is 1. The number of aromatic carboxylic acids is 1. The largest absolute Gasteiger partial charge is 0.478 e. The molecule has 1 aliphatic carbocycles. The molecular weight excluding hydrogens is 184 g/mol. The van der Waals surface area contributed by atoms with Crippen LogP contribution in [0.1, 0.15) is 26.3 Å². The van der Waals surface area contributed by atoms with Gasteiger partial charge < -0.3 is 5.11 Å². The van der Waals surface area contributed by atoms with Gasteiger partial charge in [-0.1, -0.05) is 12.1 Å². The lowest BCUT2D eigenvalue weighted by Gasteiger charge is -2.00. The smallest absolute Gasteiger partial charge is 0.336 e. The highest BCUT2D eigenvalue weighted by Gasteiger charge is 2.32. The summed E-state index contributed by atoms with van der Waals surface area (Å²) >= 11 is 0. The Morgan fingerprint density at radius 2 is 2.00 bits per heavy atom. The first-order valence-electron chi connectivity index (χ1n) is 4.04. The Kier molecular flexibility index (Phi) is 1.70. The molecule has 1 N–H and O–H groups in total. The number of ketones is 2. The summed E-state index contributed by atoms with van der Waals surface area (Å²) in [5, 5.41) is 8.79. The zero-order valence-corrected chi connectivity index (χ0v) is 7.11. The predicted molar refractivity (Wildman–Crippen MR) is 46.4 cm³/mol. The molecule has 1 aromatic carbocycles. The van der Waals surface area contributed by atoms with E-state index >= 15 is 0 Å². The van der Waals surface area contributed by atoms with Crippen LogP contribution in [0.5, 0.6) is 0 Å². The number of benzene rings is 1. The maximum atomic E-state index is 11.3. The fourth-order valence-electron chi connectivity index (χ4n) is 1.59. The minimum Gasteiger partial charge on any atom is -0.478 e. The molecule has 0 bridgehead atoms. The van der Waals surface area contributed by atoms with E-state index in [0.29, 0.717) is 5.56 Å². The van der Waals surface area contributed by atoms with Crippen molar-refractivity contribution in [3.8, 4) is 0 Å². The van der Waals surface area contributed by atoms with Crippen LogP contribution in [0.4, 0.5) is 0 Å². The van der Waals surface area contributed by atoms with Gasteiger partial charge in [0.25, 0.3) is 0 Å². The molecule has 70 valence electrons. The number of carboxylic acid groups (broad SMARTS) is 1. The van der Waals surface area contributed by atoms with Crippen LogP contribution in [-0.2, 0) is 11.2 Å². The van der Waals surface area contributed by atoms with Crippen LogP contribution in [0, 0.1) is 0 Å². The number of carboxylic acids is 1. The third-order valence-corrected chi connectivity index (χ3v) is 2.21. The first-order valence-corrected chi connectivity index (χ1v) is 4.04. The molecular formula is C10H6O4. The second kappa shape index (κ2) is 2.77. The molecule has 1 aliphatic rings. The monoisotopic (exact) mass is 190 g/mol. The number of carbonyl (C=O) groups is 3. The van der Waals surface area contributed by atoms with E-state index in [1.807, 2.05) is 0 Å². The summed E-state index contributed by atoms with van der Waals surface area (Å²) in [6.07, 6.45) is 0.0231. The van der Waals surface area contributed by atoms with E-state index < -0.39 is 17.5 Å². The topological polar surface area (TPSA) is 71.4 Å². The standard InChI is InChI=1S/C10H6O4/c11-7-4-5-2-1-3-6(10(13)14)8(5)9(7)12/h1-3H,4H2,(H,13,14). The number of carbonyl (C=O) groups excluding carboxylic acids is 2. The van der Waals surface area contributed by atoms with E-state index in [1.54, 1.807) is 6.07 Å². The Morgan fingerprint density at radius 3 is 2.64 bits per heavy atom. The Bertz CT molecular complexity index is 459. The maximum Gasteiger partial charge on any atom is 0.336 e. The molecule has 0 unspecified atom stereocenters. The van der Waals surface area contributed by atoms with E-state index in [0.717, 1.165) is 0 Å². The van der Waals surface area contributed by atoms with Gasteiger partial charge in [-0.05, 0) is 11.6 Å². The Labute approximate surface area is 79.2 Å². The molecule has 0 spiro atoms. The van der Waals surface area contributed by atoms with E-state index in [1.165, 1.54) is 12.1 Å². The van der Waals surface area contributed by atoms with Crippen LogP contribution in [0.25, 0.3) is 0 Å². The molecule has 0 aromatic heterocycles. The molecule has 0 atom stereocenters. The van der Waals surface area contributed by atoms with Gasteiger partial charge >= 0.3 is 5.97 Å². The van der Waals surface area contributed by atoms with Crippen molar-refractivity contribution in [3.05, 3.63) is 34.9 Å². The third kappa shape index (κ3) is 1.04. The van der Waals surface area contributed by atoms with Crippen LogP contribution in [-0.4, -0.2) is 22.6 Å². The van der Waals surface area contributed by atoms with Crippen molar-refractivity contribution in [1.82, 2.24) is 0 Å². The predicted octanol–water partition coefficient (Wildman–Crippen LogP) is 0.693. The Morgan fingerprint density at radius 1 is 1.29 bits per heavy atom. The van der Waals surface area contributed by atoms with Crippen LogP contribution in [0.3, 0.4) is 0 Å². The molecule has 4 nitrogen and oxygen atoms in total. The maximum absolute atomic E-state index is 11.3. The lowest BCUT2D eigenvalue weighted by molar-refractivity contribution is -0.114. The van der Waals surface area contributed by atoms with Crippen LogP contribution >= 0.6 is 0 Å². The summed E-state index contributed by atoms with van der Waals surface area (Å²) in [4.78, 5) is 33.1. The SMILES string of the molecule is O=C1Cc2cccc(C(=O)O)c2C1=O. The summed E-state index contributed by atoms with van der Waals surface area (Å²) in [5.41, 5.74) is 0.489. The van der Waals surface area contributed by atoms with E-state index in [-0.39, 0.29) is 17.5 Å². The van der Waals surface area contributed by atoms with Gasteiger partial charge in [-0.2, -0.15) is 0 Å². The molecule has 0 radical (unpaired) electrons. The van der Waals surface area contributed by atoms with Crippen molar-refractivity contribution < 1.29 is 19.5 Å². The third-order valence-electron chi connectivity index (χ3n) is 2.21. The Hall–Kier alpha value is -1.97. The zero-order chi connectivity index (χ0) is 10.3. The van der Waals surface area contributed by atoms with Gasteiger partial charge in [-0.25, -0.2) is 4.79 Å². The molecule has 0 saturated heterocycles. The van der Waals surface area contributed by atoms with Crippen molar-refractivity contribution in [2.75, 3.05) is 0 Å². The molecule has 4 heteroatoms. The second-order valence-electron chi connectivity index (χ2n) is 3.07. The highest BCUT2D eigenvalue weighted by Crippen LogP contribution is 2.23. The van der Waals surface area contributed by atoms with Crippen molar-refractivity contribution in [2.45, 2.75) is 6.42 Å². The highest BCUT2D eigenvalue weighted by atomic mass is 16.4. The molecule has 0 aliphatic heterocycles. The fourth-order valence-corrected chi connectivity index (χ4v) is 1.59.